The summed E-state index contributed by atoms with van der Waals surface area (Å²) >= 11 is 5.91. The molecule has 1 aliphatic heterocycles. The Kier molecular flexibility index (Phi) is 4.52. The third-order valence-corrected chi connectivity index (χ3v) is 3.69. The lowest BCUT2D eigenvalue weighted by molar-refractivity contribution is -0.130. The predicted octanol–water partition coefficient (Wildman–Crippen LogP) is 1.67. The van der Waals surface area contributed by atoms with E-state index in [1.807, 2.05) is 0 Å². The summed E-state index contributed by atoms with van der Waals surface area (Å²) in [5.41, 5.74) is 0.889. The van der Waals surface area contributed by atoms with Gasteiger partial charge in [0.05, 0.1) is 19.4 Å². The van der Waals surface area contributed by atoms with E-state index in [0.29, 0.717) is 23.0 Å². The third-order valence-electron chi connectivity index (χ3n) is 3.45. The Labute approximate surface area is 137 Å². The first-order valence-electron chi connectivity index (χ1n) is 7.13. The van der Waals surface area contributed by atoms with Gasteiger partial charge in [0.2, 0.25) is 5.91 Å². The van der Waals surface area contributed by atoms with Crippen molar-refractivity contribution in [1.82, 2.24) is 10.6 Å². The summed E-state index contributed by atoms with van der Waals surface area (Å²) in [4.78, 5) is 23.8. The van der Waals surface area contributed by atoms with Crippen molar-refractivity contribution < 1.29 is 18.7 Å². The first-order chi connectivity index (χ1) is 11.1. The molecular weight excluding hydrogens is 320 g/mol. The van der Waals surface area contributed by atoms with Crippen LogP contribution in [0.5, 0.6) is 5.75 Å². The van der Waals surface area contributed by atoms with Gasteiger partial charge in [-0.25, -0.2) is 0 Å². The number of fused-ring (bicyclic) bond motifs is 1. The van der Waals surface area contributed by atoms with Crippen LogP contribution in [0.1, 0.15) is 11.3 Å². The van der Waals surface area contributed by atoms with Crippen LogP contribution in [-0.2, 0) is 22.6 Å². The van der Waals surface area contributed by atoms with Gasteiger partial charge in [0.15, 0.2) is 6.10 Å². The number of hydrogen-bond donors (Lipinski definition) is 2. The topological polar surface area (TPSA) is 80.6 Å². The molecule has 1 aromatic carbocycles. The van der Waals surface area contributed by atoms with Gasteiger partial charge in [0, 0.05) is 11.4 Å². The number of nitrogens with one attached hydrogen (secondary N) is 2. The average molecular weight is 335 g/mol. The minimum Gasteiger partial charge on any atom is -0.480 e. The predicted molar refractivity (Wildman–Crippen MR) is 83.1 cm³/mol. The second-order valence-electron chi connectivity index (χ2n) is 5.14. The van der Waals surface area contributed by atoms with E-state index < -0.39 is 6.10 Å². The van der Waals surface area contributed by atoms with E-state index in [1.54, 1.807) is 30.3 Å². The first kappa shape index (κ1) is 15.4. The third kappa shape index (κ3) is 3.84. The van der Waals surface area contributed by atoms with E-state index in [2.05, 4.69) is 10.6 Å². The second-order valence-corrected chi connectivity index (χ2v) is 5.57. The van der Waals surface area contributed by atoms with Gasteiger partial charge in [0.1, 0.15) is 11.5 Å². The number of furan rings is 1. The van der Waals surface area contributed by atoms with Crippen LogP contribution in [0.4, 0.5) is 0 Å². The van der Waals surface area contributed by atoms with Crippen LogP contribution in [0.15, 0.2) is 41.0 Å². The highest BCUT2D eigenvalue weighted by atomic mass is 35.5. The molecule has 120 valence electrons. The highest BCUT2D eigenvalue weighted by Gasteiger charge is 2.29. The van der Waals surface area contributed by atoms with Crippen LogP contribution >= 0.6 is 11.6 Å². The molecule has 0 unspecified atom stereocenters. The molecule has 0 saturated heterocycles. The van der Waals surface area contributed by atoms with Crippen molar-refractivity contribution in [2.75, 3.05) is 6.54 Å². The molecule has 7 heteroatoms. The summed E-state index contributed by atoms with van der Waals surface area (Å²) in [7, 11) is 0. The Bertz CT molecular complexity index is 715. The number of halogens is 1. The fraction of sp³-hybridized carbons (Fsp3) is 0.250. The molecule has 0 bridgehead atoms. The number of hydrogen-bond acceptors (Lipinski definition) is 4. The van der Waals surface area contributed by atoms with E-state index in [9.17, 15) is 9.59 Å². The molecular formula is C16H15ClN2O4. The molecule has 2 N–H and O–H groups in total. The maximum atomic E-state index is 12.1. The number of benzene rings is 1. The monoisotopic (exact) mass is 334 g/mol. The molecule has 0 saturated carbocycles. The van der Waals surface area contributed by atoms with Crippen molar-refractivity contribution in [2.24, 2.45) is 0 Å². The lowest BCUT2D eigenvalue weighted by atomic mass is 10.1. The molecule has 1 aliphatic rings. The fourth-order valence-corrected chi connectivity index (χ4v) is 2.50. The zero-order valence-corrected chi connectivity index (χ0v) is 12.9. The molecule has 6 nitrogen and oxygen atoms in total. The largest absolute Gasteiger partial charge is 0.480 e. The maximum Gasteiger partial charge on any atom is 0.261 e. The van der Waals surface area contributed by atoms with Gasteiger partial charge in [0.25, 0.3) is 5.91 Å². The Balaban J connectivity index is 1.44. The Morgan fingerprint density at radius 2 is 2.13 bits per heavy atom. The van der Waals surface area contributed by atoms with Gasteiger partial charge in [-0.05, 0) is 35.9 Å². The standard InChI is InChI=1S/C16H15ClN2O4/c17-11-3-4-13-10(6-11)7-14(23-13)16(21)19-9-15(20)18-8-12-2-1-5-22-12/h1-6,14H,7-9H2,(H,18,20)(H,19,21)/t14-/m1/s1. The average Bonchev–Trinajstić information content (AvgIpc) is 3.19. The van der Waals surface area contributed by atoms with E-state index in [4.69, 9.17) is 20.8 Å². The van der Waals surface area contributed by atoms with Gasteiger partial charge in [-0.2, -0.15) is 0 Å². The molecule has 1 atom stereocenters. The van der Waals surface area contributed by atoms with Gasteiger partial charge in [-0.3, -0.25) is 9.59 Å². The minimum absolute atomic E-state index is 0.115. The summed E-state index contributed by atoms with van der Waals surface area (Å²) in [6, 6.07) is 8.72. The van der Waals surface area contributed by atoms with Crippen molar-refractivity contribution >= 4 is 23.4 Å². The van der Waals surface area contributed by atoms with E-state index in [-0.39, 0.29) is 24.9 Å². The normalized spacial score (nSPS) is 15.6. The SMILES string of the molecule is O=C(CNC(=O)[C@H]1Cc2cc(Cl)ccc2O1)NCc1ccco1. The summed E-state index contributed by atoms with van der Waals surface area (Å²) in [5, 5.41) is 5.82. The van der Waals surface area contributed by atoms with Gasteiger partial charge in [-0.15, -0.1) is 0 Å². The van der Waals surface area contributed by atoms with Crippen LogP contribution in [0.3, 0.4) is 0 Å². The fourth-order valence-electron chi connectivity index (χ4n) is 2.31. The minimum atomic E-state index is -0.638. The quantitative estimate of drug-likeness (QED) is 0.871. The summed E-state index contributed by atoms with van der Waals surface area (Å²) in [6.45, 7) is 0.169. The smallest absolute Gasteiger partial charge is 0.261 e. The number of carbonyl (C=O) groups is 2. The molecule has 3 rings (SSSR count). The molecule has 1 aromatic heterocycles. The van der Waals surface area contributed by atoms with Crippen molar-refractivity contribution in [3.63, 3.8) is 0 Å². The molecule has 0 aliphatic carbocycles. The molecule has 2 amide bonds. The van der Waals surface area contributed by atoms with Gasteiger partial charge in [-0.1, -0.05) is 11.6 Å². The van der Waals surface area contributed by atoms with Crippen molar-refractivity contribution in [3.05, 3.63) is 52.9 Å². The van der Waals surface area contributed by atoms with Crippen LogP contribution in [0, 0.1) is 0 Å². The molecule has 0 radical (unpaired) electrons. The summed E-state index contributed by atoms with van der Waals surface area (Å²) < 4.78 is 10.7. The van der Waals surface area contributed by atoms with E-state index >= 15 is 0 Å². The lowest BCUT2D eigenvalue weighted by Gasteiger charge is -2.11. The Morgan fingerprint density at radius 3 is 2.91 bits per heavy atom. The Hall–Kier alpha value is -2.47. The lowest BCUT2D eigenvalue weighted by Crippen LogP contribution is -2.42. The molecule has 2 heterocycles. The van der Waals surface area contributed by atoms with Crippen LogP contribution in [-0.4, -0.2) is 24.5 Å². The van der Waals surface area contributed by atoms with Crippen molar-refractivity contribution in [3.8, 4) is 5.75 Å². The van der Waals surface area contributed by atoms with Crippen LogP contribution in [0.25, 0.3) is 0 Å². The van der Waals surface area contributed by atoms with Gasteiger partial charge >= 0.3 is 0 Å². The van der Waals surface area contributed by atoms with Crippen molar-refractivity contribution in [1.29, 1.82) is 0 Å². The van der Waals surface area contributed by atoms with Crippen molar-refractivity contribution in [2.45, 2.75) is 19.1 Å². The first-order valence-corrected chi connectivity index (χ1v) is 7.51. The maximum absolute atomic E-state index is 12.1. The molecule has 23 heavy (non-hydrogen) atoms. The van der Waals surface area contributed by atoms with Crippen LogP contribution < -0.4 is 15.4 Å². The molecule has 0 spiro atoms. The van der Waals surface area contributed by atoms with E-state index in [1.165, 1.54) is 6.26 Å². The highest BCUT2D eigenvalue weighted by Crippen LogP contribution is 2.31. The summed E-state index contributed by atoms with van der Waals surface area (Å²) in [6.07, 6.45) is 1.33. The van der Waals surface area contributed by atoms with E-state index in [0.717, 1.165) is 5.56 Å². The second kappa shape index (κ2) is 6.75. The number of ether oxygens (including phenoxy) is 1. The van der Waals surface area contributed by atoms with Crippen LogP contribution in [0.2, 0.25) is 5.02 Å². The number of amides is 2. The number of rotatable bonds is 5. The summed E-state index contributed by atoms with van der Waals surface area (Å²) in [5.74, 6) is 0.673. The molecule has 0 fully saturated rings. The molecule has 2 aromatic rings. The number of carbonyl (C=O) groups excluding carboxylic acids is 2. The Morgan fingerprint density at radius 1 is 1.26 bits per heavy atom. The van der Waals surface area contributed by atoms with Gasteiger partial charge < -0.3 is 19.8 Å². The highest BCUT2D eigenvalue weighted by molar-refractivity contribution is 6.30. The zero-order valence-electron chi connectivity index (χ0n) is 12.2. The zero-order chi connectivity index (χ0) is 16.2.